The highest BCUT2D eigenvalue weighted by Gasteiger charge is 2.48. The second-order valence-corrected chi connectivity index (χ2v) is 7.06. The number of benzene rings is 1. The SMILES string of the molecule is COc1cccc(N2C(=O)[C@H]3CN(C(=O)CSCC(=O)[O-])CCN3C2=O)c1. The summed E-state index contributed by atoms with van der Waals surface area (Å²) >= 11 is 0.948. The van der Waals surface area contributed by atoms with E-state index in [1.165, 1.54) is 16.9 Å². The van der Waals surface area contributed by atoms with Gasteiger partial charge in [0, 0.05) is 24.9 Å². The van der Waals surface area contributed by atoms with Crippen LogP contribution in [0.2, 0.25) is 0 Å². The summed E-state index contributed by atoms with van der Waals surface area (Å²) < 4.78 is 5.14. The Kier molecular flexibility index (Phi) is 5.54. The number of carbonyl (C=O) groups excluding carboxylic acids is 4. The maximum Gasteiger partial charge on any atom is 0.332 e. The van der Waals surface area contributed by atoms with Gasteiger partial charge in [0.2, 0.25) is 5.91 Å². The number of piperazine rings is 1. The van der Waals surface area contributed by atoms with Gasteiger partial charge in [-0.05, 0) is 12.1 Å². The summed E-state index contributed by atoms with van der Waals surface area (Å²) in [6, 6.07) is 5.50. The van der Waals surface area contributed by atoms with Crippen LogP contribution in [0.15, 0.2) is 24.3 Å². The molecular formula is C17H18N3O6S-. The van der Waals surface area contributed by atoms with Crippen molar-refractivity contribution in [2.45, 2.75) is 6.04 Å². The lowest BCUT2D eigenvalue weighted by molar-refractivity contribution is -0.301. The fraction of sp³-hybridized carbons (Fsp3) is 0.412. The van der Waals surface area contributed by atoms with Crippen LogP contribution in [0.5, 0.6) is 5.75 Å². The number of anilines is 1. The minimum atomic E-state index is -1.23. The molecule has 0 bridgehead atoms. The molecular weight excluding hydrogens is 374 g/mol. The molecule has 0 aromatic heterocycles. The molecule has 0 N–H and O–H groups in total. The maximum atomic E-state index is 12.8. The van der Waals surface area contributed by atoms with E-state index in [2.05, 4.69) is 0 Å². The van der Waals surface area contributed by atoms with Gasteiger partial charge in [-0.3, -0.25) is 9.59 Å². The van der Waals surface area contributed by atoms with Gasteiger partial charge in [-0.25, -0.2) is 9.69 Å². The predicted molar refractivity (Wildman–Crippen MR) is 95.3 cm³/mol. The number of carboxylic acids is 1. The van der Waals surface area contributed by atoms with E-state index in [4.69, 9.17) is 4.74 Å². The summed E-state index contributed by atoms with van der Waals surface area (Å²) in [5, 5.41) is 10.4. The molecule has 2 aliphatic rings. The number of amides is 4. The van der Waals surface area contributed by atoms with Crippen LogP contribution in [0, 0.1) is 0 Å². The molecule has 2 aliphatic heterocycles. The number of aliphatic carboxylic acids is 1. The number of fused-ring (bicyclic) bond motifs is 1. The van der Waals surface area contributed by atoms with Gasteiger partial charge < -0.3 is 24.4 Å². The van der Waals surface area contributed by atoms with Crippen molar-refractivity contribution in [3.63, 3.8) is 0 Å². The zero-order valence-corrected chi connectivity index (χ0v) is 15.4. The molecule has 10 heteroatoms. The van der Waals surface area contributed by atoms with Crippen molar-refractivity contribution >= 4 is 41.3 Å². The standard InChI is InChI=1S/C17H19N3O6S/c1-26-12-4-2-3-11(7-12)20-16(24)13-8-18(5-6-19(13)17(20)25)14(21)9-27-10-15(22)23/h2-4,7,13H,5-6,8-10H2,1H3,(H,22,23)/p-1/t13-/m1/s1. The molecule has 1 aromatic rings. The molecule has 2 heterocycles. The molecule has 0 unspecified atom stereocenters. The van der Waals surface area contributed by atoms with E-state index < -0.39 is 23.9 Å². The fourth-order valence-corrected chi connectivity index (χ4v) is 3.75. The molecule has 1 atom stereocenters. The van der Waals surface area contributed by atoms with Gasteiger partial charge in [-0.1, -0.05) is 6.07 Å². The number of nitrogens with zero attached hydrogens (tertiary/aromatic N) is 3. The smallest absolute Gasteiger partial charge is 0.332 e. The van der Waals surface area contributed by atoms with E-state index in [0.29, 0.717) is 18.0 Å². The number of ether oxygens (including phenoxy) is 1. The van der Waals surface area contributed by atoms with Gasteiger partial charge in [0.05, 0.1) is 31.1 Å². The molecule has 0 aliphatic carbocycles. The first-order valence-corrected chi connectivity index (χ1v) is 9.42. The van der Waals surface area contributed by atoms with E-state index in [0.717, 1.165) is 16.7 Å². The number of hydrogen-bond acceptors (Lipinski definition) is 7. The van der Waals surface area contributed by atoms with Crippen molar-refractivity contribution in [3.05, 3.63) is 24.3 Å². The molecule has 144 valence electrons. The number of rotatable bonds is 6. The Morgan fingerprint density at radius 1 is 1.26 bits per heavy atom. The molecule has 3 rings (SSSR count). The first-order chi connectivity index (χ1) is 12.9. The summed E-state index contributed by atoms with van der Waals surface area (Å²) in [6.45, 7) is 0.633. The molecule has 27 heavy (non-hydrogen) atoms. The summed E-state index contributed by atoms with van der Waals surface area (Å²) in [4.78, 5) is 52.2. The highest BCUT2D eigenvalue weighted by Crippen LogP contribution is 2.29. The van der Waals surface area contributed by atoms with Crippen LogP contribution in [-0.4, -0.2) is 77.9 Å². The van der Waals surface area contributed by atoms with E-state index in [-0.39, 0.29) is 30.5 Å². The third kappa shape index (κ3) is 3.85. The van der Waals surface area contributed by atoms with E-state index in [9.17, 15) is 24.3 Å². The third-order valence-electron chi connectivity index (χ3n) is 4.43. The maximum absolute atomic E-state index is 12.8. The van der Waals surface area contributed by atoms with E-state index in [1.807, 2.05) is 0 Å². The molecule has 4 amide bonds. The van der Waals surface area contributed by atoms with Gasteiger partial charge in [0.25, 0.3) is 5.91 Å². The zero-order valence-electron chi connectivity index (χ0n) is 14.6. The average molecular weight is 392 g/mol. The van der Waals surface area contributed by atoms with Crippen molar-refractivity contribution in [1.82, 2.24) is 9.80 Å². The summed E-state index contributed by atoms with van der Waals surface area (Å²) in [5.74, 6) is -1.64. The first kappa shape index (κ1) is 19.0. The Morgan fingerprint density at radius 3 is 2.74 bits per heavy atom. The number of carbonyl (C=O) groups is 4. The quantitative estimate of drug-likeness (QED) is 0.581. The molecule has 0 saturated carbocycles. The normalized spacial score (nSPS) is 19.3. The van der Waals surface area contributed by atoms with Crippen LogP contribution in [0.1, 0.15) is 0 Å². The van der Waals surface area contributed by atoms with Crippen LogP contribution < -0.4 is 14.7 Å². The number of hydrogen-bond donors (Lipinski definition) is 0. The topological polar surface area (TPSA) is 110 Å². The third-order valence-corrected chi connectivity index (χ3v) is 5.32. The monoisotopic (exact) mass is 392 g/mol. The van der Waals surface area contributed by atoms with Crippen LogP contribution in [0.3, 0.4) is 0 Å². The number of methoxy groups -OCH3 is 1. The highest BCUT2D eigenvalue weighted by molar-refractivity contribution is 8.00. The minimum absolute atomic E-state index is 0.0115. The lowest BCUT2D eigenvalue weighted by atomic mass is 10.2. The lowest BCUT2D eigenvalue weighted by Gasteiger charge is -2.35. The van der Waals surface area contributed by atoms with Crippen molar-refractivity contribution < 1.29 is 29.0 Å². The molecule has 0 radical (unpaired) electrons. The average Bonchev–Trinajstić information content (AvgIpc) is 2.91. The Labute approximate surface area is 159 Å². The van der Waals surface area contributed by atoms with Gasteiger partial charge in [0.1, 0.15) is 11.8 Å². The van der Waals surface area contributed by atoms with Crippen LogP contribution in [0.4, 0.5) is 10.5 Å². The van der Waals surface area contributed by atoms with Gasteiger partial charge in [0.15, 0.2) is 0 Å². The molecule has 1 aromatic carbocycles. The molecule has 2 saturated heterocycles. The van der Waals surface area contributed by atoms with Crippen molar-refractivity contribution in [2.24, 2.45) is 0 Å². The summed E-state index contributed by atoms with van der Waals surface area (Å²) in [6.07, 6.45) is 0. The first-order valence-electron chi connectivity index (χ1n) is 8.26. The number of carboxylic acid groups (broad SMARTS) is 1. The Morgan fingerprint density at radius 2 is 2.04 bits per heavy atom. The minimum Gasteiger partial charge on any atom is -0.549 e. The molecule has 9 nitrogen and oxygen atoms in total. The number of thioether (sulfide) groups is 1. The Bertz CT molecular complexity index is 786. The zero-order chi connectivity index (χ0) is 19.6. The second kappa shape index (κ2) is 7.87. The van der Waals surface area contributed by atoms with Crippen LogP contribution in [-0.2, 0) is 14.4 Å². The van der Waals surface area contributed by atoms with Crippen LogP contribution in [0.25, 0.3) is 0 Å². The van der Waals surface area contributed by atoms with Gasteiger partial charge >= 0.3 is 6.03 Å². The predicted octanol–water partition coefficient (Wildman–Crippen LogP) is -0.842. The summed E-state index contributed by atoms with van der Waals surface area (Å²) in [5.41, 5.74) is 0.418. The van der Waals surface area contributed by atoms with Crippen molar-refractivity contribution in [3.8, 4) is 5.75 Å². The van der Waals surface area contributed by atoms with Gasteiger partial charge in [-0.15, -0.1) is 11.8 Å². The van der Waals surface area contributed by atoms with Crippen molar-refractivity contribution in [2.75, 3.05) is 43.1 Å². The molecule has 2 fully saturated rings. The largest absolute Gasteiger partial charge is 0.549 e. The van der Waals surface area contributed by atoms with E-state index >= 15 is 0 Å². The van der Waals surface area contributed by atoms with E-state index in [1.54, 1.807) is 24.3 Å². The van der Waals surface area contributed by atoms with Crippen molar-refractivity contribution in [1.29, 1.82) is 0 Å². The van der Waals surface area contributed by atoms with Gasteiger partial charge in [-0.2, -0.15) is 0 Å². The number of urea groups is 1. The highest BCUT2D eigenvalue weighted by atomic mass is 32.2. The fourth-order valence-electron chi connectivity index (χ4n) is 3.12. The Hall–Kier alpha value is -2.75. The Balaban J connectivity index is 1.70. The lowest BCUT2D eigenvalue weighted by Crippen LogP contribution is -2.55. The van der Waals surface area contributed by atoms with Crippen LogP contribution >= 0.6 is 11.8 Å². The summed E-state index contributed by atoms with van der Waals surface area (Å²) in [7, 11) is 1.50. The number of imide groups is 1. The molecule has 0 spiro atoms. The second-order valence-electron chi connectivity index (χ2n) is 6.07.